The third kappa shape index (κ3) is 9.18. The summed E-state index contributed by atoms with van der Waals surface area (Å²) in [5, 5.41) is 8.77. The monoisotopic (exact) mass is 230 g/mol. The van der Waals surface area contributed by atoms with Crippen molar-refractivity contribution in [2.75, 3.05) is 0 Å². The number of nitrogens with zero attached hydrogens (tertiary/aromatic N) is 1. The molecule has 0 radical (unpaired) electrons. The van der Waals surface area contributed by atoms with Crippen LogP contribution in [0.1, 0.15) is 31.3 Å². The Bertz CT molecular complexity index is 328. The van der Waals surface area contributed by atoms with Crippen LogP contribution in [0, 0.1) is 0 Å². The summed E-state index contributed by atoms with van der Waals surface area (Å²) in [5.41, 5.74) is 5.32. The van der Waals surface area contributed by atoms with Gasteiger partial charge in [0.05, 0.1) is 0 Å². The molecule has 0 aliphatic rings. The fourth-order valence-electron chi connectivity index (χ4n) is 0.522. The highest BCUT2D eigenvalue weighted by atomic mass is 35.5. The number of carboxylic acid groups (broad SMARTS) is 1. The number of aromatic carboxylic acids is 1. The Kier molecular flexibility index (Phi) is 5.25. The Morgan fingerprint density at radius 2 is 2.00 bits per heavy atom. The standard InChI is InChI=1S/C6H4ClNO2.C4H11N/c7-4-1-2-8-5(3-4)6(9)10;1-4(2,3)5/h1-3H,(H,9,10);5H2,1-3H3. The summed E-state index contributed by atoms with van der Waals surface area (Å²) in [6, 6.07) is 2.82. The van der Waals surface area contributed by atoms with Gasteiger partial charge in [-0.3, -0.25) is 0 Å². The summed E-state index contributed by atoms with van der Waals surface area (Å²) >= 11 is 5.49. The van der Waals surface area contributed by atoms with Crippen LogP contribution >= 0.6 is 11.6 Å². The average molecular weight is 231 g/mol. The SMILES string of the molecule is CC(C)(C)N.O=C(O)c1cc(Cl)ccn1. The third-order valence-electron chi connectivity index (χ3n) is 0.941. The molecule has 0 fully saturated rings. The molecule has 1 heterocycles. The summed E-state index contributed by atoms with van der Waals surface area (Å²) in [4.78, 5) is 13.8. The fraction of sp³-hybridized carbons (Fsp3) is 0.400. The van der Waals surface area contributed by atoms with Crippen LogP contribution in [0.5, 0.6) is 0 Å². The summed E-state index contributed by atoms with van der Waals surface area (Å²) in [5.74, 6) is -1.07. The van der Waals surface area contributed by atoms with Gasteiger partial charge >= 0.3 is 5.97 Å². The molecule has 5 heteroatoms. The minimum Gasteiger partial charge on any atom is -0.477 e. The van der Waals surface area contributed by atoms with E-state index in [0.717, 1.165) is 0 Å². The van der Waals surface area contributed by atoms with Gasteiger partial charge in [0, 0.05) is 16.8 Å². The highest BCUT2D eigenvalue weighted by Crippen LogP contribution is 2.07. The maximum Gasteiger partial charge on any atom is 0.354 e. The van der Waals surface area contributed by atoms with Crippen molar-refractivity contribution in [3.8, 4) is 0 Å². The molecule has 0 aromatic carbocycles. The molecule has 0 aliphatic carbocycles. The molecular formula is C10H15ClN2O2. The number of carboxylic acids is 1. The first kappa shape index (κ1) is 13.9. The minimum absolute atomic E-state index is 0. The van der Waals surface area contributed by atoms with Crippen molar-refractivity contribution in [2.24, 2.45) is 5.73 Å². The van der Waals surface area contributed by atoms with Crippen LogP contribution in [0.2, 0.25) is 5.02 Å². The third-order valence-corrected chi connectivity index (χ3v) is 1.18. The number of hydrogen-bond donors (Lipinski definition) is 2. The second-order valence-corrected chi connectivity index (χ2v) is 4.47. The van der Waals surface area contributed by atoms with Crippen molar-refractivity contribution < 1.29 is 9.90 Å². The van der Waals surface area contributed by atoms with Crippen molar-refractivity contribution in [1.29, 1.82) is 0 Å². The van der Waals surface area contributed by atoms with E-state index >= 15 is 0 Å². The highest BCUT2D eigenvalue weighted by Gasteiger charge is 2.02. The zero-order valence-corrected chi connectivity index (χ0v) is 9.75. The molecule has 0 unspecified atom stereocenters. The molecule has 0 amide bonds. The van der Waals surface area contributed by atoms with Crippen molar-refractivity contribution in [2.45, 2.75) is 26.3 Å². The summed E-state index contributed by atoms with van der Waals surface area (Å²) in [6.07, 6.45) is 1.35. The molecule has 84 valence electrons. The van der Waals surface area contributed by atoms with Crippen LogP contribution in [-0.4, -0.2) is 21.6 Å². The molecule has 1 rings (SSSR count). The van der Waals surface area contributed by atoms with Crippen LogP contribution in [-0.2, 0) is 0 Å². The lowest BCUT2D eigenvalue weighted by Crippen LogP contribution is -2.26. The van der Waals surface area contributed by atoms with Gasteiger partial charge in [-0.1, -0.05) is 11.6 Å². The van der Waals surface area contributed by atoms with E-state index < -0.39 is 5.97 Å². The number of pyridine rings is 1. The molecule has 0 aliphatic heterocycles. The number of carbonyl (C=O) groups is 1. The maximum atomic E-state index is 10.2. The minimum atomic E-state index is -1.07. The number of nitrogens with two attached hydrogens (primary N) is 1. The molecule has 3 N–H and O–H groups in total. The van der Waals surface area contributed by atoms with Crippen LogP contribution in [0.3, 0.4) is 0 Å². The Morgan fingerprint density at radius 3 is 2.27 bits per heavy atom. The Labute approximate surface area is 94.1 Å². The van der Waals surface area contributed by atoms with E-state index in [1.165, 1.54) is 18.3 Å². The normalized spacial score (nSPS) is 10.2. The number of aromatic nitrogens is 1. The van der Waals surface area contributed by atoms with Crippen LogP contribution < -0.4 is 5.73 Å². The van der Waals surface area contributed by atoms with E-state index in [1.807, 2.05) is 20.8 Å². The van der Waals surface area contributed by atoms with Crippen molar-refractivity contribution in [1.82, 2.24) is 4.98 Å². The van der Waals surface area contributed by atoms with E-state index in [0.29, 0.717) is 5.02 Å². The van der Waals surface area contributed by atoms with Crippen LogP contribution in [0.15, 0.2) is 18.3 Å². The van der Waals surface area contributed by atoms with Gasteiger partial charge in [0.25, 0.3) is 0 Å². The predicted octanol–water partition coefficient (Wildman–Crippen LogP) is 2.18. The average Bonchev–Trinajstić information content (AvgIpc) is 2.00. The van der Waals surface area contributed by atoms with E-state index in [1.54, 1.807) is 0 Å². The quantitative estimate of drug-likeness (QED) is 0.775. The van der Waals surface area contributed by atoms with Crippen molar-refractivity contribution in [3.05, 3.63) is 29.0 Å². The smallest absolute Gasteiger partial charge is 0.354 e. The van der Waals surface area contributed by atoms with Crippen molar-refractivity contribution >= 4 is 17.6 Å². The molecule has 15 heavy (non-hydrogen) atoms. The van der Waals surface area contributed by atoms with Gasteiger partial charge in [-0.15, -0.1) is 0 Å². The van der Waals surface area contributed by atoms with Gasteiger partial charge in [-0.05, 0) is 32.9 Å². The molecule has 0 atom stereocenters. The second-order valence-electron chi connectivity index (χ2n) is 4.03. The zero-order valence-electron chi connectivity index (χ0n) is 8.99. The topological polar surface area (TPSA) is 76.2 Å². The molecule has 0 saturated heterocycles. The van der Waals surface area contributed by atoms with E-state index in [4.69, 9.17) is 22.4 Å². The summed E-state index contributed by atoms with van der Waals surface area (Å²) < 4.78 is 0. The Balaban J connectivity index is 0.000000336. The largest absolute Gasteiger partial charge is 0.477 e. The fourth-order valence-corrected chi connectivity index (χ4v) is 0.681. The van der Waals surface area contributed by atoms with Gasteiger partial charge in [0.2, 0.25) is 0 Å². The first-order valence-electron chi connectivity index (χ1n) is 4.34. The van der Waals surface area contributed by atoms with Crippen LogP contribution in [0.4, 0.5) is 0 Å². The molecule has 0 spiro atoms. The van der Waals surface area contributed by atoms with Gasteiger partial charge in [0.15, 0.2) is 0 Å². The molecule has 0 saturated carbocycles. The number of rotatable bonds is 1. The zero-order chi connectivity index (χ0) is 12.1. The molecule has 4 nitrogen and oxygen atoms in total. The second kappa shape index (κ2) is 5.68. The lowest BCUT2D eigenvalue weighted by molar-refractivity contribution is 0.0690. The van der Waals surface area contributed by atoms with E-state index in [9.17, 15) is 4.79 Å². The highest BCUT2D eigenvalue weighted by molar-refractivity contribution is 6.30. The number of hydrogen-bond acceptors (Lipinski definition) is 3. The van der Waals surface area contributed by atoms with Crippen molar-refractivity contribution in [3.63, 3.8) is 0 Å². The number of halogens is 1. The first-order chi connectivity index (χ1) is 6.70. The molecular weight excluding hydrogens is 216 g/mol. The van der Waals surface area contributed by atoms with Gasteiger partial charge in [-0.2, -0.15) is 0 Å². The van der Waals surface area contributed by atoms with E-state index in [-0.39, 0.29) is 11.2 Å². The first-order valence-corrected chi connectivity index (χ1v) is 4.71. The lowest BCUT2D eigenvalue weighted by atomic mass is 10.1. The Hall–Kier alpha value is -1.13. The van der Waals surface area contributed by atoms with Gasteiger partial charge in [-0.25, -0.2) is 9.78 Å². The van der Waals surface area contributed by atoms with Crippen LogP contribution in [0.25, 0.3) is 0 Å². The molecule has 1 aromatic heterocycles. The lowest BCUT2D eigenvalue weighted by Gasteiger charge is -2.06. The predicted molar refractivity (Wildman–Crippen MR) is 60.1 cm³/mol. The summed E-state index contributed by atoms with van der Waals surface area (Å²) in [6.45, 7) is 5.90. The summed E-state index contributed by atoms with van der Waals surface area (Å²) in [7, 11) is 0. The van der Waals surface area contributed by atoms with Gasteiger partial charge in [0.1, 0.15) is 5.69 Å². The molecule has 0 bridgehead atoms. The van der Waals surface area contributed by atoms with Gasteiger partial charge < -0.3 is 10.8 Å². The maximum absolute atomic E-state index is 10.2. The van der Waals surface area contributed by atoms with E-state index in [2.05, 4.69) is 4.98 Å². The Morgan fingerprint density at radius 1 is 1.53 bits per heavy atom. The molecule has 1 aromatic rings.